The average molecular weight is 352 g/mol. The molecule has 0 bridgehead atoms. The van der Waals surface area contributed by atoms with E-state index in [9.17, 15) is 23.2 Å². The molecule has 0 spiro atoms. The molecular weight excluding hydrogens is 342 g/mol. The van der Waals surface area contributed by atoms with Crippen LogP contribution in [-0.2, 0) is 4.79 Å². The molecule has 3 amide bonds. The Labute approximate surface area is 138 Å². The monoisotopic (exact) mass is 352 g/mol. The summed E-state index contributed by atoms with van der Waals surface area (Å²) in [6.45, 7) is -0.112. The van der Waals surface area contributed by atoms with Crippen LogP contribution < -0.4 is 5.32 Å². The van der Waals surface area contributed by atoms with E-state index in [0.29, 0.717) is 22.5 Å². The molecule has 0 radical (unpaired) electrons. The van der Waals surface area contributed by atoms with Crippen LogP contribution in [0.3, 0.4) is 0 Å². The maximum Gasteiger partial charge on any atom is 0.291 e. The molecule has 124 valence electrons. The summed E-state index contributed by atoms with van der Waals surface area (Å²) in [6.07, 6.45) is -2.93. The van der Waals surface area contributed by atoms with Crippen LogP contribution in [0.4, 0.5) is 13.9 Å². The summed E-state index contributed by atoms with van der Waals surface area (Å²) in [6, 6.07) is 6.39. The van der Waals surface area contributed by atoms with Crippen molar-refractivity contribution >= 4 is 34.2 Å². The molecular formula is C14H10F2N4O3S. The van der Waals surface area contributed by atoms with E-state index >= 15 is 0 Å². The van der Waals surface area contributed by atoms with Crippen molar-refractivity contribution in [2.24, 2.45) is 0 Å². The Balaban J connectivity index is 1.59. The SMILES string of the molecule is O=C(CCN1C(=O)c2ccccc2C1=O)Nc1nnc(C(F)F)s1. The lowest BCUT2D eigenvalue weighted by Crippen LogP contribution is -2.32. The van der Waals surface area contributed by atoms with Gasteiger partial charge in [-0.3, -0.25) is 19.3 Å². The van der Waals surface area contributed by atoms with Gasteiger partial charge in [-0.25, -0.2) is 8.78 Å². The Hall–Kier alpha value is -2.75. The van der Waals surface area contributed by atoms with Gasteiger partial charge in [0, 0.05) is 13.0 Å². The summed E-state index contributed by atoms with van der Waals surface area (Å²) in [5.41, 5.74) is 0.599. The van der Waals surface area contributed by atoms with Crippen molar-refractivity contribution in [3.63, 3.8) is 0 Å². The van der Waals surface area contributed by atoms with E-state index in [1.807, 2.05) is 0 Å². The van der Waals surface area contributed by atoms with Gasteiger partial charge >= 0.3 is 0 Å². The summed E-state index contributed by atoms with van der Waals surface area (Å²) in [5.74, 6) is -1.47. The van der Waals surface area contributed by atoms with Crippen molar-refractivity contribution in [1.29, 1.82) is 0 Å². The molecule has 24 heavy (non-hydrogen) atoms. The third-order valence-electron chi connectivity index (χ3n) is 3.31. The molecule has 0 aliphatic carbocycles. The highest BCUT2D eigenvalue weighted by Gasteiger charge is 2.35. The minimum atomic E-state index is -2.76. The predicted molar refractivity (Wildman–Crippen MR) is 79.9 cm³/mol. The van der Waals surface area contributed by atoms with Crippen molar-refractivity contribution in [2.75, 3.05) is 11.9 Å². The maximum atomic E-state index is 12.4. The molecule has 0 saturated carbocycles. The van der Waals surface area contributed by atoms with Crippen molar-refractivity contribution in [3.8, 4) is 0 Å². The normalized spacial score (nSPS) is 13.5. The van der Waals surface area contributed by atoms with Crippen LogP contribution in [0.5, 0.6) is 0 Å². The number of fused-ring (bicyclic) bond motifs is 1. The number of hydrogen-bond donors (Lipinski definition) is 1. The average Bonchev–Trinajstić information content (AvgIpc) is 3.11. The second-order valence-electron chi connectivity index (χ2n) is 4.85. The van der Waals surface area contributed by atoms with E-state index in [4.69, 9.17) is 0 Å². The van der Waals surface area contributed by atoms with Gasteiger partial charge in [-0.15, -0.1) is 10.2 Å². The van der Waals surface area contributed by atoms with E-state index in [0.717, 1.165) is 4.90 Å². The highest BCUT2D eigenvalue weighted by atomic mass is 32.1. The molecule has 10 heteroatoms. The topological polar surface area (TPSA) is 92.3 Å². The van der Waals surface area contributed by atoms with E-state index in [1.165, 1.54) is 0 Å². The molecule has 0 unspecified atom stereocenters. The predicted octanol–water partition coefficient (Wildman–Crippen LogP) is 2.10. The first-order valence-corrected chi connectivity index (χ1v) is 7.65. The van der Waals surface area contributed by atoms with Gasteiger partial charge in [0.1, 0.15) is 0 Å². The second kappa shape index (κ2) is 6.40. The third kappa shape index (κ3) is 3.00. The van der Waals surface area contributed by atoms with Crippen molar-refractivity contribution in [3.05, 3.63) is 40.4 Å². The van der Waals surface area contributed by atoms with Gasteiger partial charge < -0.3 is 5.32 Å². The summed E-state index contributed by atoms with van der Waals surface area (Å²) in [5, 5.41) is 8.43. The number of nitrogens with zero attached hydrogens (tertiary/aromatic N) is 3. The number of carbonyl (C=O) groups excluding carboxylic acids is 3. The highest BCUT2D eigenvalue weighted by Crippen LogP contribution is 2.25. The van der Waals surface area contributed by atoms with E-state index in [1.54, 1.807) is 24.3 Å². The zero-order valence-electron chi connectivity index (χ0n) is 12.0. The van der Waals surface area contributed by atoms with Crippen molar-refractivity contribution < 1.29 is 23.2 Å². The number of halogens is 2. The molecule has 2 heterocycles. The minimum absolute atomic E-state index is 0.0577. The van der Waals surface area contributed by atoms with E-state index < -0.39 is 29.2 Å². The molecule has 0 fully saturated rings. The quantitative estimate of drug-likeness (QED) is 0.832. The Kier molecular flexibility index (Phi) is 4.30. The second-order valence-corrected chi connectivity index (χ2v) is 5.86. The van der Waals surface area contributed by atoms with Crippen LogP contribution in [0.25, 0.3) is 0 Å². The lowest BCUT2D eigenvalue weighted by molar-refractivity contribution is -0.116. The molecule has 1 aromatic heterocycles. The number of amides is 3. The first-order chi connectivity index (χ1) is 11.5. The minimum Gasteiger partial charge on any atom is -0.300 e. The molecule has 0 atom stereocenters. The van der Waals surface area contributed by atoms with Gasteiger partial charge in [-0.2, -0.15) is 0 Å². The number of hydrogen-bond acceptors (Lipinski definition) is 6. The lowest BCUT2D eigenvalue weighted by Gasteiger charge is -2.12. The molecule has 1 aliphatic rings. The van der Waals surface area contributed by atoms with E-state index in [-0.39, 0.29) is 18.1 Å². The first kappa shape index (κ1) is 16.1. The number of anilines is 1. The Morgan fingerprint density at radius 3 is 2.33 bits per heavy atom. The van der Waals surface area contributed by atoms with E-state index in [2.05, 4.69) is 15.5 Å². The van der Waals surface area contributed by atoms with Crippen LogP contribution in [0, 0.1) is 0 Å². The summed E-state index contributed by atoms with van der Waals surface area (Å²) in [7, 11) is 0. The smallest absolute Gasteiger partial charge is 0.291 e. The fraction of sp³-hybridized carbons (Fsp3) is 0.214. The van der Waals surface area contributed by atoms with Crippen LogP contribution in [0.1, 0.15) is 38.6 Å². The summed E-state index contributed by atoms with van der Waals surface area (Å²) < 4.78 is 24.8. The van der Waals surface area contributed by atoms with Gasteiger partial charge in [-0.05, 0) is 12.1 Å². The van der Waals surface area contributed by atoms with Crippen LogP contribution in [0.15, 0.2) is 24.3 Å². The third-order valence-corrected chi connectivity index (χ3v) is 4.16. The Morgan fingerprint density at radius 2 is 1.79 bits per heavy atom. The van der Waals surface area contributed by atoms with Gasteiger partial charge in [0.25, 0.3) is 18.2 Å². The van der Waals surface area contributed by atoms with Crippen LogP contribution in [-0.4, -0.2) is 39.4 Å². The lowest BCUT2D eigenvalue weighted by atomic mass is 10.1. The number of rotatable bonds is 5. The molecule has 1 aliphatic heterocycles. The number of aromatic nitrogens is 2. The molecule has 2 aromatic rings. The molecule has 1 aromatic carbocycles. The summed E-state index contributed by atoms with van der Waals surface area (Å²) in [4.78, 5) is 37.1. The fourth-order valence-corrected chi connectivity index (χ4v) is 2.83. The molecule has 1 N–H and O–H groups in total. The van der Waals surface area contributed by atoms with Crippen LogP contribution in [0.2, 0.25) is 0 Å². The van der Waals surface area contributed by atoms with Crippen LogP contribution >= 0.6 is 11.3 Å². The largest absolute Gasteiger partial charge is 0.300 e. The first-order valence-electron chi connectivity index (χ1n) is 6.84. The zero-order valence-corrected chi connectivity index (χ0v) is 12.8. The molecule has 3 rings (SSSR count). The number of carbonyl (C=O) groups is 3. The maximum absolute atomic E-state index is 12.4. The molecule has 7 nitrogen and oxygen atoms in total. The number of benzene rings is 1. The number of nitrogens with one attached hydrogen (secondary N) is 1. The fourth-order valence-electron chi connectivity index (χ4n) is 2.21. The van der Waals surface area contributed by atoms with Crippen molar-refractivity contribution in [1.82, 2.24) is 15.1 Å². The van der Waals surface area contributed by atoms with Gasteiger partial charge in [-0.1, -0.05) is 23.5 Å². The summed E-state index contributed by atoms with van der Waals surface area (Å²) >= 11 is 0.567. The molecule has 0 saturated heterocycles. The number of imide groups is 1. The highest BCUT2D eigenvalue weighted by molar-refractivity contribution is 7.15. The van der Waals surface area contributed by atoms with Gasteiger partial charge in [0.15, 0.2) is 5.01 Å². The van der Waals surface area contributed by atoms with Gasteiger partial charge in [0.05, 0.1) is 11.1 Å². The van der Waals surface area contributed by atoms with Crippen molar-refractivity contribution in [2.45, 2.75) is 12.8 Å². The zero-order chi connectivity index (χ0) is 17.3. The van der Waals surface area contributed by atoms with Gasteiger partial charge in [0.2, 0.25) is 11.0 Å². The Bertz CT molecular complexity index is 789. The Morgan fingerprint density at radius 1 is 1.17 bits per heavy atom. The standard InChI is InChI=1S/C14H10F2N4O3S/c15-10(16)11-18-19-14(24-11)17-9(21)5-6-20-12(22)7-3-1-2-4-8(7)13(20)23/h1-4,10H,5-6H2,(H,17,19,21). The number of alkyl halides is 2.